The fourth-order valence-electron chi connectivity index (χ4n) is 2.39. The normalized spacial score (nSPS) is 11.0. The number of rotatable bonds is 7. The lowest BCUT2D eigenvalue weighted by atomic mass is 10.1. The highest BCUT2D eigenvalue weighted by atomic mass is 79.9. The molecule has 0 unspecified atom stereocenters. The molecule has 4 nitrogen and oxygen atoms in total. The summed E-state index contributed by atoms with van der Waals surface area (Å²) in [6.45, 7) is 6.67. The Bertz CT molecular complexity index is 595. The van der Waals surface area contributed by atoms with E-state index in [1.807, 2.05) is 6.20 Å². The zero-order valence-electron chi connectivity index (χ0n) is 12.8. The number of benzene rings is 1. The fourth-order valence-corrected chi connectivity index (χ4v) is 2.87. The van der Waals surface area contributed by atoms with Gasteiger partial charge in [0, 0.05) is 35.9 Å². The molecule has 21 heavy (non-hydrogen) atoms. The van der Waals surface area contributed by atoms with Gasteiger partial charge in [-0.15, -0.1) is 0 Å². The molecular weight excluding hydrogens is 330 g/mol. The maximum Gasteiger partial charge on any atom is 0.0678 e. The van der Waals surface area contributed by atoms with E-state index >= 15 is 0 Å². The predicted octanol–water partition coefficient (Wildman–Crippen LogP) is 3.24. The van der Waals surface area contributed by atoms with Gasteiger partial charge in [-0.1, -0.05) is 22.9 Å². The van der Waals surface area contributed by atoms with E-state index in [0.717, 1.165) is 36.3 Å². The molecule has 2 rings (SSSR count). The monoisotopic (exact) mass is 351 g/mol. The first-order chi connectivity index (χ1) is 10.2. The second kappa shape index (κ2) is 7.73. The molecule has 114 valence electrons. The van der Waals surface area contributed by atoms with Crippen molar-refractivity contribution < 1.29 is 4.74 Å². The number of aryl methyl sites for hydroxylation is 1. The van der Waals surface area contributed by atoms with E-state index in [0.29, 0.717) is 0 Å². The number of ether oxygens (including phenoxy) is 1. The van der Waals surface area contributed by atoms with Crippen LogP contribution in [0.1, 0.15) is 23.7 Å². The van der Waals surface area contributed by atoms with Gasteiger partial charge in [0.15, 0.2) is 0 Å². The molecule has 0 amide bonds. The zero-order chi connectivity index (χ0) is 15.2. The van der Waals surface area contributed by atoms with Crippen LogP contribution >= 0.6 is 15.9 Å². The molecule has 1 aromatic carbocycles. The van der Waals surface area contributed by atoms with E-state index < -0.39 is 0 Å². The molecule has 5 heteroatoms. The molecule has 0 radical (unpaired) electrons. The van der Waals surface area contributed by atoms with Crippen LogP contribution in [0, 0.1) is 6.92 Å². The SMILES string of the molecule is CCc1c(CNCCOC)cnn1-c1ccc(Br)cc1C. The highest BCUT2D eigenvalue weighted by molar-refractivity contribution is 9.10. The Labute approximate surface area is 134 Å². The molecule has 0 fully saturated rings. The first-order valence-electron chi connectivity index (χ1n) is 7.19. The lowest BCUT2D eigenvalue weighted by Crippen LogP contribution is -2.19. The highest BCUT2D eigenvalue weighted by Gasteiger charge is 2.12. The Kier molecular flexibility index (Phi) is 5.96. The largest absolute Gasteiger partial charge is 0.383 e. The summed E-state index contributed by atoms with van der Waals surface area (Å²) in [4.78, 5) is 0. The first-order valence-corrected chi connectivity index (χ1v) is 7.98. The fraction of sp³-hybridized carbons (Fsp3) is 0.438. The van der Waals surface area contributed by atoms with Crippen molar-refractivity contribution >= 4 is 15.9 Å². The van der Waals surface area contributed by atoms with Crippen LogP contribution in [0.2, 0.25) is 0 Å². The summed E-state index contributed by atoms with van der Waals surface area (Å²) in [6, 6.07) is 6.28. The molecule has 0 saturated heterocycles. The minimum absolute atomic E-state index is 0.724. The third kappa shape index (κ3) is 3.93. The van der Waals surface area contributed by atoms with Gasteiger partial charge < -0.3 is 10.1 Å². The van der Waals surface area contributed by atoms with Crippen molar-refractivity contribution in [1.29, 1.82) is 0 Å². The minimum Gasteiger partial charge on any atom is -0.383 e. The van der Waals surface area contributed by atoms with Crippen molar-refractivity contribution in [3.8, 4) is 5.69 Å². The summed E-state index contributed by atoms with van der Waals surface area (Å²) in [7, 11) is 1.72. The third-order valence-corrected chi connectivity index (χ3v) is 3.97. The lowest BCUT2D eigenvalue weighted by Gasteiger charge is -2.11. The van der Waals surface area contributed by atoms with E-state index in [1.54, 1.807) is 7.11 Å². The molecule has 1 heterocycles. The quantitative estimate of drug-likeness (QED) is 0.778. The Morgan fingerprint density at radius 1 is 1.38 bits per heavy atom. The molecule has 0 atom stereocenters. The van der Waals surface area contributed by atoms with Gasteiger partial charge in [-0.2, -0.15) is 5.10 Å². The minimum atomic E-state index is 0.724. The topological polar surface area (TPSA) is 39.1 Å². The number of hydrogen-bond donors (Lipinski definition) is 1. The number of hydrogen-bond acceptors (Lipinski definition) is 3. The van der Waals surface area contributed by atoms with E-state index in [1.165, 1.54) is 16.8 Å². The van der Waals surface area contributed by atoms with Crippen LogP contribution in [0.3, 0.4) is 0 Å². The van der Waals surface area contributed by atoms with Crippen molar-refractivity contribution in [2.24, 2.45) is 0 Å². The van der Waals surface area contributed by atoms with Gasteiger partial charge in [-0.05, 0) is 37.1 Å². The first kappa shape index (κ1) is 16.2. The maximum absolute atomic E-state index is 5.05. The standard InChI is InChI=1S/C16H22BrN3O/c1-4-15-13(10-18-7-8-21-3)11-19-20(15)16-6-5-14(17)9-12(16)2/h5-6,9,11,18H,4,7-8,10H2,1-3H3. The van der Waals surface area contributed by atoms with Crippen molar-refractivity contribution in [2.75, 3.05) is 20.3 Å². The van der Waals surface area contributed by atoms with Crippen molar-refractivity contribution in [2.45, 2.75) is 26.8 Å². The summed E-state index contributed by atoms with van der Waals surface area (Å²) >= 11 is 3.51. The van der Waals surface area contributed by atoms with Gasteiger partial charge in [0.05, 0.1) is 18.5 Å². The second-order valence-electron chi connectivity index (χ2n) is 4.98. The second-order valence-corrected chi connectivity index (χ2v) is 5.90. The zero-order valence-corrected chi connectivity index (χ0v) is 14.4. The predicted molar refractivity (Wildman–Crippen MR) is 89.0 cm³/mol. The molecule has 0 aliphatic heterocycles. The Morgan fingerprint density at radius 3 is 2.86 bits per heavy atom. The van der Waals surface area contributed by atoms with Gasteiger partial charge in [0.25, 0.3) is 0 Å². The molecular formula is C16H22BrN3O. The van der Waals surface area contributed by atoms with Gasteiger partial charge in [-0.25, -0.2) is 4.68 Å². The van der Waals surface area contributed by atoms with Crippen molar-refractivity contribution in [3.05, 3.63) is 45.7 Å². The van der Waals surface area contributed by atoms with Gasteiger partial charge >= 0.3 is 0 Å². The van der Waals surface area contributed by atoms with E-state index in [2.05, 4.69) is 63.1 Å². The van der Waals surface area contributed by atoms with Gasteiger partial charge in [-0.3, -0.25) is 0 Å². The van der Waals surface area contributed by atoms with E-state index in [9.17, 15) is 0 Å². The molecule has 0 aliphatic rings. The van der Waals surface area contributed by atoms with Crippen molar-refractivity contribution in [1.82, 2.24) is 15.1 Å². The van der Waals surface area contributed by atoms with Crippen LogP contribution in [0.15, 0.2) is 28.9 Å². The van der Waals surface area contributed by atoms with Crippen LogP contribution in [-0.4, -0.2) is 30.0 Å². The van der Waals surface area contributed by atoms with Gasteiger partial charge in [0.1, 0.15) is 0 Å². The summed E-state index contributed by atoms with van der Waals surface area (Å²) in [5.41, 5.74) is 4.85. The number of aromatic nitrogens is 2. The van der Waals surface area contributed by atoms with E-state index in [-0.39, 0.29) is 0 Å². The molecule has 1 N–H and O–H groups in total. The highest BCUT2D eigenvalue weighted by Crippen LogP contribution is 2.22. The van der Waals surface area contributed by atoms with Crippen LogP contribution in [-0.2, 0) is 17.7 Å². The average molecular weight is 352 g/mol. The van der Waals surface area contributed by atoms with Crippen molar-refractivity contribution in [3.63, 3.8) is 0 Å². The average Bonchev–Trinajstić information content (AvgIpc) is 2.86. The van der Waals surface area contributed by atoms with Crippen LogP contribution in [0.25, 0.3) is 5.69 Å². The maximum atomic E-state index is 5.05. The van der Waals surface area contributed by atoms with Gasteiger partial charge in [0.2, 0.25) is 0 Å². The molecule has 0 saturated carbocycles. The molecule has 0 aliphatic carbocycles. The molecule has 1 aromatic heterocycles. The summed E-state index contributed by atoms with van der Waals surface area (Å²) in [5, 5.41) is 7.96. The number of methoxy groups -OCH3 is 1. The lowest BCUT2D eigenvalue weighted by molar-refractivity contribution is 0.199. The summed E-state index contributed by atoms with van der Waals surface area (Å²) < 4.78 is 8.19. The third-order valence-electron chi connectivity index (χ3n) is 3.48. The van der Waals surface area contributed by atoms with E-state index in [4.69, 9.17) is 4.74 Å². The molecule has 0 spiro atoms. The van der Waals surface area contributed by atoms with Crippen LogP contribution < -0.4 is 5.32 Å². The smallest absolute Gasteiger partial charge is 0.0678 e. The Balaban J connectivity index is 2.22. The summed E-state index contributed by atoms with van der Waals surface area (Å²) in [5.74, 6) is 0. The number of halogens is 1. The molecule has 2 aromatic rings. The Morgan fingerprint density at radius 2 is 2.19 bits per heavy atom. The van der Waals surface area contributed by atoms with Crippen LogP contribution in [0.4, 0.5) is 0 Å². The number of nitrogens with one attached hydrogen (secondary N) is 1. The number of nitrogens with zero attached hydrogens (tertiary/aromatic N) is 2. The summed E-state index contributed by atoms with van der Waals surface area (Å²) in [6.07, 6.45) is 2.91. The molecule has 0 bridgehead atoms. The van der Waals surface area contributed by atoms with Crippen LogP contribution in [0.5, 0.6) is 0 Å². The Hall–Kier alpha value is -1.17.